The second kappa shape index (κ2) is 4.61. The molecular weight excluding hydrogens is 209 g/mol. The zero-order valence-electron chi connectivity index (χ0n) is 9.28. The maximum Gasteiger partial charge on any atom is 0.239 e. The van der Waals surface area contributed by atoms with E-state index in [4.69, 9.17) is 5.84 Å². The maximum atomic E-state index is 13.6. The van der Waals surface area contributed by atoms with Gasteiger partial charge in [0.2, 0.25) is 5.95 Å². The van der Waals surface area contributed by atoms with Crippen molar-refractivity contribution >= 4 is 11.8 Å². The highest BCUT2D eigenvalue weighted by Gasteiger charge is 2.25. The molecule has 0 bridgehead atoms. The number of aromatic nitrogens is 2. The highest BCUT2D eigenvalue weighted by atomic mass is 19.1. The Morgan fingerprint density at radius 1 is 1.62 bits per heavy atom. The first-order valence-corrected chi connectivity index (χ1v) is 5.48. The van der Waals surface area contributed by atoms with Gasteiger partial charge < -0.3 is 4.90 Å². The molecule has 1 aromatic rings. The maximum absolute atomic E-state index is 13.6. The summed E-state index contributed by atoms with van der Waals surface area (Å²) >= 11 is 0. The molecule has 1 fully saturated rings. The van der Waals surface area contributed by atoms with Crippen molar-refractivity contribution in [3.05, 3.63) is 12.0 Å². The lowest BCUT2D eigenvalue weighted by Crippen LogP contribution is -2.28. The van der Waals surface area contributed by atoms with E-state index in [1.807, 2.05) is 11.8 Å². The van der Waals surface area contributed by atoms with Crippen LogP contribution < -0.4 is 16.2 Å². The second-order valence-corrected chi connectivity index (χ2v) is 3.99. The Balaban J connectivity index is 2.20. The van der Waals surface area contributed by atoms with Gasteiger partial charge in [-0.2, -0.15) is 4.98 Å². The van der Waals surface area contributed by atoms with Gasteiger partial charge in [0.1, 0.15) is 0 Å². The van der Waals surface area contributed by atoms with Crippen molar-refractivity contribution in [3.8, 4) is 0 Å². The van der Waals surface area contributed by atoms with E-state index in [0.717, 1.165) is 19.3 Å². The Bertz CT molecular complexity index is 366. The molecule has 16 heavy (non-hydrogen) atoms. The van der Waals surface area contributed by atoms with Crippen molar-refractivity contribution in [2.45, 2.75) is 19.8 Å². The zero-order chi connectivity index (χ0) is 11.5. The van der Waals surface area contributed by atoms with Crippen LogP contribution in [-0.2, 0) is 0 Å². The smallest absolute Gasteiger partial charge is 0.239 e. The molecular formula is C10H16FN5. The number of anilines is 2. The van der Waals surface area contributed by atoms with E-state index in [9.17, 15) is 4.39 Å². The van der Waals surface area contributed by atoms with Gasteiger partial charge in [0.25, 0.3) is 0 Å². The van der Waals surface area contributed by atoms with Gasteiger partial charge in [0.05, 0.1) is 6.20 Å². The molecule has 0 radical (unpaired) electrons. The lowest BCUT2D eigenvalue weighted by molar-refractivity contribution is 0.598. The Hall–Kier alpha value is -1.43. The van der Waals surface area contributed by atoms with Crippen LogP contribution in [0.3, 0.4) is 0 Å². The molecule has 6 heteroatoms. The molecule has 1 saturated carbocycles. The molecule has 88 valence electrons. The summed E-state index contributed by atoms with van der Waals surface area (Å²) in [5.41, 5.74) is 2.33. The molecule has 1 aliphatic carbocycles. The third-order valence-corrected chi connectivity index (χ3v) is 2.71. The minimum Gasteiger partial charge on any atom is -0.354 e. The number of hydrazine groups is 1. The van der Waals surface area contributed by atoms with Crippen LogP contribution in [0, 0.1) is 11.7 Å². The number of nitrogens with one attached hydrogen (secondary N) is 1. The Labute approximate surface area is 93.8 Å². The topological polar surface area (TPSA) is 67.1 Å². The van der Waals surface area contributed by atoms with Gasteiger partial charge in [-0.15, -0.1) is 0 Å². The van der Waals surface area contributed by atoms with E-state index in [0.29, 0.717) is 11.7 Å². The third kappa shape index (κ3) is 2.38. The van der Waals surface area contributed by atoms with Gasteiger partial charge in [0.15, 0.2) is 11.6 Å². The molecule has 1 aromatic heterocycles. The van der Waals surface area contributed by atoms with Gasteiger partial charge >= 0.3 is 0 Å². The predicted octanol–water partition coefficient (Wildman–Crippen LogP) is 1.14. The Morgan fingerprint density at radius 3 is 2.94 bits per heavy atom. The van der Waals surface area contributed by atoms with E-state index >= 15 is 0 Å². The van der Waals surface area contributed by atoms with Crippen LogP contribution in [-0.4, -0.2) is 23.1 Å². The summed E-state index contributed by atoms with van der Waals surface area (Å²) < 4.78 is 13.6. The summed E-state index contributed by atoms with van der Waals surface area (Å²) in [5.74, 6) is 6.06. The number of rotatable bonds is 5. The largest absolute Gasteiger partial charge is 0.354 e. The summed E-state index contributed by atoms with van der Waals surface area (Å²) in [4.78, 5) is 9.69. The molecule has 0 atom stereocenters. The number of halogens is 1. The number of nitrogens with two attached hydrogens (primary N) is 1. The van der Waals surface area contributed by atoms with Gasteiger partial charge in [0, 0.05) is 13.1 Å². The number of hydrogen-bond donors (Lipinski definition) is 2. The minimum absolute atomic E-state index is 0.241. The van der Waals surface area contributed by atoms with E-state index in [1.165, 1.54) is 12.8 Å². The summed E-state index contributed by atoms with van der Waals surface area (Å²) in [7, 11) is 0. The first kappa shape index (κ1) is 11.1. The highest BCUT2D eigenvalue weighted by molar-refractivity contribution is 5.43. The van der Waals surface area contributed by atoms with Crippen LogP contribution in [0.25, 0.3) is 0 Å². The molecule has 0 aliphatic heterocycles. The quantitative estimate of drug-likeness (QED) is 0.581. The van der Waals surface area contributed by atoms with Crippen LogP contribution in [0.1, 0.15) is 19.8 Å². The van der Waals surface area contributed by atoms with Gasteiger partial charge in [-0.25, -0.2) is 15.2 Å². The molecule has 0 aromatic carbocycles. The van der Waals surface area contributed by atoms with Crippen LogP contribution >= 0.6 is 0 Å². The fraction of sp³-hybridized carbons (Fsp3) is 0.600. The molecule has 0 unspecified atom stereocenters. The summed E-state index contributed by atoms with van der Waals surface area (Å²) in [6.07, 6.45) is 3.60. The lowest BCUT2D eigenvalue weighted by atomic mass is 10.3. The van der Waals surface area contributed by atoms with E-state index in [-0.39, 0.29) is 5.95 Å². The average Bonchev–Trinajstić information content (AvgIpc) is 3.11. The fourth-order valence-corrected chi connectivity index (χ4v) is 1.63. The lowest BCUT2D eigenvalue weighted by Gasteiger charge is -2.22. The van der Waals surface area contributed by atoms with E-state index in [1.54, 1.807) is 0 Å². The molecule has 0 amide bonds. The molecule has 1 heterocycles. The molecule has 0 saturated heterocycles. The average molecular weight is 225 g/mol. The monoisotopic (exact) mass is 225 g/mol. The van der Waals surface area contributed by atoms with E-state index < -0.39 is 5.82 Å². The molecule has 1 aliphatic rings. The molecule has 5 nitrogen and oxygen atoms in total. The SMILES string of the molecule is CCN(CC1CC1)c1nc(NN)ncc1F. The van der Waals surface area contributed by atoms with Crippen molar-refractivity contribution in [2.24, 2.45) is 11.8 Å². The van der Waals surface area contributed by atoms with Crippen LogP contribution in [0.2, 0.25) is 0 Å². The summed E-state index contributed by atoms with van der Waals surface area (Å²) in [5, 5.41) is 0. The third-order valence-electron chi connectivity index (χ3n) is 2.71. The van der Waals surface area contributed by atoms with Crippen molar-refractivity contribution in [3.63, 3.8) is 0 Å². The van der Waals surface area contributed by atoms with Crippen molar-refractivity contribution in [1.29, 1.82) is 0 Å². The van der Waals surface area contributed by atoms with Crippen LogP contribution in [0.4, 0.5) is 16.2 Å². The van der Waals surface area contributed by atoms with Crippen molar-refractivity contribution in [1.82, 2.24) is 9.97 Å². The van der Waals surface area contributed by atoms with Crippen LogP contribution in [0.5, 0.6) is 0 Å². The zero-order valence-corrected chi connectivity index (χ0v) is 9.28. The standard InChI is InChI=1S/C10H16FN5/c1-2-16(6-7-3-4-7)9-8(11)5-13-10(14-9)15-12/h5,7H,2-4,6,12H2,1H3,(H,13,14,15). The fourth-order valence-electron chi connectivity index (χ4n) is 1.63. The first-order chi connectivity index (χ1) is 7.74. The Morgan fingerprint density at radius 2 is 2.38 bits per heavy atom. The van der Waals surface area contributed by atoms with Gasteiger partial charge in [-0.05, 0) is 25.7 Å². The van der Waals surface area contributed by atoms with Gasteiger partial charge in [-0.1, -0.05) is 0 Å². The van der Waals surface area contributed by atoms with Crippen molar-refractivity contribution < 1.29 is 4.39 Å². The number of nitrogens with zero attached hydrogens (tertiary/aromatic N) is 3. The van der Waals surface area contributed by atoms with Crippen LogP contribution in [0.15, 0.2) is 6.20 Å². The first-order valence-electron chi connectivity index (χ1n) is 5.48. The molecule has 2 rings (SSSR count). The second-order valence-electron chi connectivity index (χ2n) is 3.99. The minimum atomic E-state index is -0.401. The predicted molar refractivity (Wildman–Crippen MR) is 60.4 cm³/mol. The summed E-state index contributed by atoms with van der Waals surface area (Å²) in [6, 6.07) is 0. The van der Waals surface area contributed by atoms with E-state index in [2.05, 4.69) is 15.4 Å². The number of nitrogen functional groups attached to an aromatic ring is 1. The van der Waals surface area contributed by atoms with Crippen molar-refractivity contribution in [2.75, 3.05) is 23.4 Å². The molecule has 3 N–H and O–H groups in total. The number of hydrogen-bond acceptors (Lipinski definition) is 5. The normalized spacial score (nSPS) is 14.9. The van der Waals surface area contributed by atoms with Gasteiger partial charge in [-0.3, -0.25) is 5.43 Å². The molecule has 0 spiro atoms. The summed E-state index contributed by atoms with van der Waals surface area (Å²) in [6.45, 7) is 3.57. The Kier molecular flexibility index (Phi) is 3.19. The highest BCUT2D eigenvalue weighted by Crippen LogP contribution is 2.31.